The number of para-hydroxylation sites is 1. The Bertz CT molecular complexity index is 834. The highest BCUT2D eigenvalue weighted by Gasteiger charge is 2.11. The highest BCUT2D eigenvalue weighted by Crippen LogP contribution is 2.16. The molecular weight excluding hydrogens is 334 g/mol. The van der Waals surface area contributed by atoms with Crippen LogP contribution in [0.2, 0.25) is 0 Å². The molecule has 0 unspecified atom stereocenters. The summed E-state index contributed by atoms with van der Waals surface area (Å²) in [4.78, 5) is 23.2. The lowest BCUT2D eigenvalue weighted by Crippen LogP contribution is -2.23. The van der Waals surface area contributed by atoms with E-state index in [4.69, 9.17) is 14.7 Å². The maximum absolute atomic E-state index is 13.0. The molecule has 8 heteroatoms. The number of anilines is 1. The van der Waals surface area contributed by atoms with Crippen LogP contribution in [0.15, 0.2) is 42.5 Å². The second-order valence-corrected chi connectivity index (χ2v) is 4.73. The van der Waals surface area contributed by atoms with Crippen LogP contribution in [0.4, 0.5) is 14.5 Å². The van der Waals surface area contributed by atoms with Gasteiger partial charge in [0.05, 0.1) is 5.56 Å². The van der Waals surface area contributed by atoms with Gasteiger partial charge in [-0.1, -0.05) is 12.1 Å². The van der Waals surface area contributed by atoms with Crippen molar-refractivity contribution in [1.82, 2.24) is 0 Å². The van der Waals surface area contributed by atoms with E-state index in [1.165, 1.54) is 18.2 Å². The van der Waals surface area contributed by atoms with Crippen molar-refractivity contribution < 1.29 is 27.8 Å². The second kappa shape index (κ2) is 8.40. The lowest BCUT2D eigenvalue weighted by molar-refractivity contribution is -0.149. The van der Waals surface area contributed by atoms with E-state index in [0.717, 1.165) is 12.1 Å². The van der Waals surface area contributed by atoms with Gasteiger partial charge in [0.25, 0.3) is 5.91 Å². The van der Waals surface area contributed by atoms with E-state index in [1.807, 2.05) is 6.07 Å². The lowest BCUT2D eigenvalue weighted by atomic mass is 10.2. The number of nitriles is 1. The summed E-state index contributed by atoms with van der Waals surface area (Å²) in [5.41, 5.74) is 0.283. The van der Waals surface area contributed by atoms with Crippen LogP contribution in [0.1, 0.15) is 5.56 Å². The molecule has 2 rings (SSSR count). The van der Waals surface area contributed by atoms with Crippen molar-refractivity contribution >= 4 is 17.6 Å². The Morgan fingerprint density at radius 1 is 1.08 bits per heavy atom. The average Bonchev–Trinajstić information content (AvgIpc) is 2.61. The summed E-state index contributed by atoms with van der Waals surface area (Å²) in [5, 5.41) is 11.1. The van der Waals surface area contributed by atoms with Crippen LogP contribution in [0, 0.1) is 23.0 Å². The number of amides is 1. The van der Waals surface area contributed by atoms with Crippen LogP contribution >= 0.6 is 0 Å². The molecule has 0 aliphatic carbocycles. The van der Waals surface area contributed by atoms with Gasteiger partial charge in [-0.05, 0) is 24.3 Å². The molecule has 128 valence electrons. The predicted octanol–water partition coefficient (Wildman–Crippen LogP) is 2.40. The summed E-state index contributed by atoms with van der Waals surface area (Å²) in [5.74, 6) is -3.49. The minimum Gasteiger partial charge on any atom is -0.481 e. The van der Waals surface area contributed by atoms with Crippen molar-refractivity contribution in [3.63, 3.8) is 0 Å². The van der Waals surface area contributed by atoms with Crippen LogP contribution in [0.3, 0.4) is 0 Å². The molecule has 25 heavy (non-hydrogen) atoms. The molecule has 0 radical (unpaired) electrons. The summed E-state index contributed by atoms with van der Waals surface area (Å²) in [6, 6.07) is 11.1. The third-order valence-corrected chi connectivity index (χ3v) is 2.92. The predicted molar refractivity (Wildman–Crippen MR) is 82.6 cm³/mol. The number of nitrogens with zero attached hydrogens (tertiary/aromatic N) is 1. The van der Waals surface area contributed by atoms with E-state index in [9.17, 15) is 18.4 Å². The number of hydrogen-bond acceptors (Lipinski definition) is 5. The quantitative estimate of drug-likeness (QED) is 0.812. The van der Waals surface area contributed by atoms with Gasteiger partial charge in [0.1, 0.15) is 11.8 Å². The Morgan fingerprint density at radius 3 is 2.56 bits per heavy atom. The first kappa shape index (κ1) is 17.9. The van der Waals surface area contributed by atoms with Crippen molar-refractivity contribution in [2.75, 3.05) is 18.5 Å². The van der Waals surface area contributed by atoms with E-state index in [0.29, 0.717) is 0 Å². The number of halogens is 2. The van der Waals surface area contributed by atoms with Gasteiger partial charge in [0.15, 0.2) is 24.8 Å². The van der Waals surface area contributed by atoms with Crippen molar-refractivity contribution in [3.05, 3.63) is 59.7 Å². The van der Waals surface area contributed by atoms with E-state index in [1.54, 1.807) is 12.1 Å². The molecule has 1 N–H and O–H groups in total. The molecule has 0 saturated heterocycles. The molecule has 0 saturated carbocycles. The topological polar surface area (TPSA) is 88.4 Å². The second-order valence-electron chi connectivity index (χ2n) is 4.73. The number of ether oxygens (including phenoxy) is 2. The summed E-state index contributed by atoms with van der Waals surface area (Å²) < 4.78 is 35.6. The van der Waals surface area contributed by atoms with Crippen LogP contribution < -0.4 is 10.1 Å². The SMILES string of the molecule is N#Cc1ccccc1OCC(=O)OCC(=O)Nc1ccc(F)c(F)c1. The summed E-state index contributed by atoms with van der Waals surface area (Å²) >= 11 is 0. The van der Waals surface area contributed by atoms with Crippen LogP contribution in [-0.4, -0.2) is 25.1 Å². The number of carbonyl (C=O) groups is 2. The normalized spacial score (nSPS) is 9.80. The maximum Gasteiger partial charge on any atom is 0.344 e. The van der Waals surface area contributed by atoms with Gasteiger partial charge in [0.2, 0.25) is 0 Å². The molecular formula is C17H12F2N2O4. The first-order valence-corrected chi connectivity index (χ1v) is 7.02. The zero-order chi connectivity index (χ0) is 18.2. The van der Waals surface area contributed by atoms with E-state index >= 15 is 0 Å². The maximum atomic E-state index is 13.0. The first-order valence-electron chi connectivity index (χ1n) is 7.02. The number of esters is 1. The highest BCUT2D eigenvalue weighted by atomic mass is 19.2. The molecule has 2 aromatic carbocycles. The Balaban J connectivity index is 1.78. The van der Waals surface area contributed by atoms with Crippen molar-refractivity contribution in [3.8, 4) is 11.8 Å². The average molecular weight is 346 g/mol. The van der Waals surface area contributed by atoms with Crippen molar-refractivity contribution in [1.29, 1.82) is 5.26 Å². The van der Waals surface area contributed by atoms with E-state index in [2.05, 4.69) is 5.32 Å². The van der Waals surface area contributed by atoms with Crippen LogP contribution in [0.5, 0.6) is 5.75 Å². The third kappa shape index (κ3) is 5.28. The van der Waals surface area contributed by atoms with Gasteiger partial charge in [0, 0.05) is 11.8 Å². The Morgan fingerprint density at radius 2 is 1.84 bits per heavy atom. The minimum atomic E-state index is -1.11. The van der Waals surface area contributed by atoms with Gasteiger partial charge in [-0.2, -0.15) is 5.26 Å². The van der Waals surface area contributed by atoms with Crippen LogP contribution in [-0.2, 0) is 14.3 Å². The summed E-state index contributed by atoms with van der Waals surface area (Å²) in [7, 11) is 0. The monoisotopic (exact) mass is 346 g/mol. The number of rotatable bonds is 6. The third-order valence-electron chi connectivity index (χ3n) is 2.92. The fraction of sp³-hybridized carbons (Fsp3) is 0.118. The van der Waals surface area contributed by atoms with Crippen molar-refractivity contribution in [2.24, 2.45) is 0 Å². The molecule has 2 aromatic rings. The lowest BCUT2D eigenvalue weighted by Gasteiger charge is -2.08. The van der Waals surface area contributed by atoms with Gasteiger partial charge >= 0.3 is 5.97 Å². The minimum absolute atomic E-state index is 0.0270. The molecule has 0 spiro atoms. The number of carbonyl (C=O) groups excluding carboxylic acids is 2. The standard InChI is InChI=1S/C17H12F2N2O4/c18-13-6-5-12(7-14(13)19)21-16(22)9-25-17(23)10-24-15-4-2-1-3-11(15)8-20/h1-7H,9-10H2,(H,21,22). The van der Waals surface area contributed by atoms with Crippen molar-refractivity contribution in [2.45, 2.75) is 0 Å². The summed E-state index contributed by atoms with van der Waals surface area (Å²) in [6.45, 7) is -1.11. The number of nitrogens with one attached hydrogen (secondary N) is 1. The molecule has 0 atom stereocenters. The molecule has 0 aromatic heterocycles. The Labute approximate surface area is 141 Å². The van der Waals surface area contributed by atoms with Gasteiger partial charge in [-0.3, -0.25) is 4.79 Å². The smallest absolute Gasteiger partial charge is 0.344 e. The van der Waals surface area contributed by atoms with E-state index in [-0.39, 0.29) is 17.0 Å². The fourth-order valence-electron chi connectivity index (χ4n) is 1.78. The molecule has 0 aliphatic rings. The van der Waals surface area contributed by atoms with Gasteiger partial charge in [-0.15, -0.1) is 0 Å². The Kier molecular flexibility index (Phi) is 6.01. The molecule has 0 bridgehead atoms. The fourth-order valence-corrected chi connectivity index (χ4v) is 1.78. The van der Waals surface area contributed by atoms with Gasteiger partial charge < -0.3 is 14.8 Å². The summed E-state index contributed by atoms with van der Waals surface area (Å²) in [6.07, 6.45) is 0. The largest absolute Gasteiger partial charge is 0.481 e. The molecule has 1 amide bonds. The number of hydrogen-bond donors (Lipinski definition) is 1. The zero-order valence-electron chi connectivity index (χ0n) is 12.8. The Hall–Kier alpha value is -3.47. The van der Waals surface area contributed by atoms with E-state index < -0.39 is 36.7 Å². The number of benzene rings is 2. The highest BCUT2D eigenvalue weighted by molar-refractivity contribution is 5.92. The van der Waals surface area contributed by atoms with Gasteiger partial charge in [-0.25, -0.2) is 13.6 Å². The molecule has 0 aliphatic heterocycles. The zero-order valence-corrected chi connectivity index (χ0v) is 12.8. The first-order chi connectivity index (χ1) is 12.0. The molecule has 6 nitrogen and oxygen atoms in total. The van der Waals surface area contributed by atoms with Crippen LogP contribution in [0.25, 0.3) is 0 Å². The molecule has 0 heterocycles. The molecule has 0 fully saturated rings.